The molecule has 1 aliphatic heterocycles. The van der Waals surface area contributed by atoms with Gasteiger partial charge in [-0.15, -0.1) is 0 Å². The second-order valence-electron chi connectivity index (χ2n) is 1.38. The SMILES string of the molecule is [O-][NH+]1C=[C]C=CC1. The number of quaternary nitrogens is 1. The Balaban J connectivity index is 2.49. The molecule has 37 valence electrons. The predicted molar refractivity (Wildman–Crippen MR) is 26.1 cm³/mol. The van der Waals surface area contributed by atoms with Crippen LogP contribution in [-0.4, -0.2) is 6.54 Å². The average molecular weight is 96.1 g/mol. The van der Waals surface area contributed by atoms with Gasteiger partial charge in [0.2, 0.25) is 0 Å². The van der Waals surface area contributed by atoms with Crippen LogP contribution in [0.2, 0.25) is 0 Å². The van der Waals surface area contributed by atoms with E-state index in [4.69, 9.17) is 0 Å². The lowest BCUT2D eigenvalue weighted by Crippen LogP contribution is -3.02. The summed E-state index contributed by atoms with van der Waals surface area (Å²) < 4.78 is 0. The van der Waals surface area contributed by atoms with Crippen LogP contribution in [0.5, 0.6) is 0 Å². The van der Waals surface area contributed by atoms with Crippen molar-refractivity contribution in [2.45, 2.75) is 0 Å². The zero-order valence-electron chi connectivity index (χ0n) is 3.85. The molecule has 0 fully saturated rings. The van der Waals surface area contributed by atoms with Crippen LogP contribution >= 0.6 is 0 Å². The Morgan fingerprint density at radius 1 is 1.71 bits per heavy atom. The van der Waals surface area contributed by atoms with Gasteiger partial charge in [-0.25, -0.2) is 0 Å². The van der Waals surface area contributed by atoms with E-state index in [-0.39, 0.29) is 5.06 Å². The van der Waals surface area contributed by atoms with E-state index >= 15 is 0 Å². The van der Waals surface area contributed by atoms with Gasteiger partial charge < -0.3 is 10.3 Å². The molecule has 1 unspecified atom stereocenters. The molecular weight excluding hydrogens is 90.1 g/mol. The molecule has 1 aliphatic rings. The Bertz CT molecular complexity index is 107. The van der Waals surface area contributed by atoms with Gasteiger partial charge in [-0.2, -0.15) is 0 Å². The zero-order valence-corrected chi connectivity index (χ0v) is 3.85. The third kappa shape index (κ3) is 1.14. The molecule has 0 saturated carbocycles. The third-order valence-corrected chi connectivity index (χ3v) is 0.777. The molecule has 1 rings (SSSR count). The lowest BCUT2D eigenvalue weighted by molar-refractivity contribution is -0.785. The molecule has 1 N–H and O–H groups in total. The standard InChI is InChI=1S/C5H6NO/c7-6-4-2-1-3-5-6/h1-2,5-6H,4H2. The largest absolute Gasteiger partial charge is 0.629 e. The summed E-state index contributed by atoms with van der Waals surface area (Å²) in [5.41, 5.74) is 0. The first-order valence-corrected chi connectivity index (χ1v) is 2.17. The number of nitrogens with one attached hydrogen (secondary N) is 1. The molecule has 1 radical (unpaired) electrons. The highest BCUT2D eigenvalue weighted by Gasteiger charge is 1.88. The van der Waals surface area contributed by atoms with E-state index in [9.17, 15) is 5.21 Å². The Hall–Kier alpha value is -0.600. The van der Waals surface area contributed by atoms with E-state index in [1.54, 1.807) is 12.2 Å². The number of allylic oxidation sites excluding steroid dienone is 2. The first kappa shape index (κ1) is 4.56. The van der Waals surface area contributed by atoms with Crippen LogP contribution in [0.25, 0.3) is 0 Å². The van der Waals surface area contributed by atoms with Crippen molar-refractivity contribution in [1.82, 2.24) is 0 Å². The van der Waals surface area contributed by atoms with E-state index in [0.717, 1.165) is 0 Å². The fourth-order valence-electron chi connectivity index (χ4n) is 0.443. The molecule has 0 spiro atoms. The highest BCUT2D eigenvalue weighted by Crippen LogP contribution is 1.72. The predicted octanol–water partition coefficient (Wildman–Crippen LogP) is -0.744. The quantitative estimate of drug-likeness (QED) is 0.395. The second-order valence-corrected chi connectivity index (χ2v) is 1.38. The van der Waals surface area contributed by atoms with Crippen molar-refractivity contribution in [3.8, 4) is 0 Å². The smallest absolute Gasteiger partial charge is 0.103 e. The summed E-state index contributed by atoms with van der Waals surface area (Å²) in [5.74, 6) is 0. The van der Waals surface area contributed by atoms with Crippen LogP contribution in [0.15, 0.2) is 18.4 Å². The minimum atomic E-state index is 0.141. The van der Waals surface area contributed by atoms with Crippen LogP contribution < -0.4 is 5.06 Å². The van der Waals surface area contributed by atoms with Gasteiger partial charge in [-0.05, 0) is 12.2 Å². The molecule has 0 aromatic heterocycles. The van der Waals surface area contributed by atoms with Crippen molar-refractivity contribution in [2.75, 3.05) is 6.54 Å². The van der Waals surface area contributed by atoms with Gasteiger partial charge in [0.15, 0.2) is 0 Å². The maximum absolute atomic E-state index is 10.3. The normalized spacial score (nSPS) is 28.4. The maximum atomic E-state index is 10.3. The molecule has 7 heavy (non-hydrogen) atoms. The van der Waals surface area contributed by atoms with E-state index in [0.29, 0.717) is 6.54 Å². The molecule has 1 heterocycles. The summed E-state index contributed by atoms with van der Waals surface area (Å²) >= 11 is 0. The van der Waals surface area contributed by atoms with Crippen molar-refractivity contribution in [2.24, 2.45) is 0 Å². The fraction of sp³-hybridized carbons (Fsp3) is 0.200. The molecule has 2 heteroatoms. The minimum absolute atomic E-state index is 0.141. The molecule has 0 bridgehead atoms. The molecule has 0 aromatic carbocycles. The van der Waals surface area contributed by atoms with Crippen LogP contribution in [0.4, 0.5) is 0 Å². The lowest BCUT2D eigenvalue weighted by Gasteiger charge is -2.15. The van der Waals surface area contributed by atoms with Crippen molar-refractivity contribution in [3.63, 3.8) is 0 Å². The number of hydrogen-bond acceptors (Lipinski definition) is 1. The summed E-state index contributed by atoms with van der Waals surface area (Å²) in [6.07, 6.45) is 7.68. The van der Waals surface area contributed by atoms with E-state index in [2.05, 4.69) is 6.08 Å². The van der Waals surface area contributed by atoms with Crippen molar-refractivity contribution in [3.05, 3.63) is 29.6 Å². The summed E-state index contributed by atoms with van der Waals surface area (Å²) in [5, 5.41) is 10.4. The van der Waals surface area contributed by atoms with Crippen LogP contribution in [-0.2, 0) is 0 Å². The van der Waals surface area contributed by atoms with Crippen molar-refractivity contribution in [1.29, 1.82) is 0 Å². The first-order chi connectivity index (χ1) is 3.39. The van der Waals surface area contributed by atoms with Gasteiger partial charge in [0, 0.05) is 6.08 Å². The highest BCUT2D eigenvalue weighted by atomic mass is 16.5. The lowest BCUT2D eigenvalue weighted by atomic mass is 10.4. The Morgan fingerprint density at radius 2 is 2.57 bits per heavy atom. The van der Waals surface area contributed by atoms with Crippen LogP contribution in [0, 0.1) is 11.3 Å². The Labute approximate surface area is 42.3 Å². The van der Waals surface area contributed by atoms with Gasteiger partial charge in [-0.1, -0.05) is 0 Å². The van der Waals surface area contributed by atoms with Crippen molar-refractivity contribution >= 4 is 0 Å². The summed E-state index contributed by atoms with van der Waals surface area (Å²) in [6.45, 7) is 0.549. The average Bonchev–Trinajstić information content (AvgIpc) is 1.69. The Morgan fingerprint density at radius 3 is 2.86 bits per heavy atom. The third-order valence-electron chi connectivity index (χ3n) is 0.777. The number of rotatable bonds is 0. The molecular formula is C5H6NO. The minimum Gasteiger partial charge on any atom is -0.629 e. The number of hydroxylamine groups is 2. The summed E-state index contributed by atoms with van der Waals surface area (Å²) in [4.78, 5) is 0. The summed E-state index contributed by atoms with van der Waals surface area (Å²) in [7, 11) is 0. The van der Waals surface area contributed by atoms with Gasteiger partial charge >= 0.3 is 0 Å². The first-order valence-electron chi connectivity index (χ1n) is 2.17. The maximum Gasteiger partial charge on any atom is 0.103 e. The van der Waals surface area contributed by atoms with Gasteiger partial charge in [-0.3, -0.25) is 0 Å². The van der Waals surface area contributed by atoms with E-state index in [1.165, 1.54) is 6.20 Å². The zero-order chi connectivity index (χ0) is 5.11. The number of hydrogen-bond donors (Lipinski definition) is 1. The van der Waals surface area contributed by atoms with Gasteiger partial charge in [0.1, 0.15) is 12.7 Å². The van der Waals surface area contributed by atoms with E-state index in [1.807, 2.05) is 0 Å². The molecule has 1 atom stereocenters. The highest BCUT2D eigenvalue weighted by molar-refractivity contribution is 4.95. The van der Waals surface area contributed by atoms with Crippen LogP contribution in [0.1, 0.15) is 0 Å². The molecule has 0 aliphatic carbocycles. The fourth-order valence-corrected chi connectivity index (χ4v) is 0.443. The monoisotopic (exact) mass is 96.0 g/mol. The van der Waals surface area contributed by atoms with E-state index < -0.39 is 0 Å². The van der Waals surface area contributed by atoms with Crippen LogP contribution in [0.3, 0.4) is 0 Å². The molecule has 0 saturated heterocycles. The van der Waals surface area contributed by atoms with Gasteiger partial charge in [0.25, 0.3) is 0 Å². The van der Waals surface area contributed by atoms with Gasteiger partial charge in [0.05, 0.1) is 0 Å². The second kappa shape index (κ2) is 1.91. The van der Waals surface area contributed by atoms with Crippen molar-refractivity contribution < 1.29 is 5.06 Å². The molecule has 0 amide bonds. The topological polar surface area (TPSA) is 27.5 Å². The Kier molecular flexibility index (Phi) is 1.24. The molecule has 0 aromatic rings. The summed E-state index contributed by atoms with van der Waals surface area (Å²) in [6, 6.07) is 0. The molecule has 2 nitrogen and oxygen atoms in total.